The summed E-state index contributed by atoms with van der Waals surface area (Å²) in [6.45, 7) is 2.24. The fourth-order valence-electron chi connectivity index (χ4n) is 4.63. The van der Waals surface area contributed by atoms with Gasteiger partial charge in [0.25, 0.3) is 0 Å². The number of hydrogen-bond acceptors (Lipinski definition) is 4. The number of sulfonamides is 1. The van der Waals surface area contributed by atoms with Crippen LogP contribution in [0.15, 0.2) is 42.5 Å². The van der Waals surface area contributed by atoms with Crippen molar-refractivity contribution in [1.82, 2.24) is 4.31 Å². The van der Waals surface area contributed by atoms with E-state index in [1.807, 2.05) is 0 Å². The van der Waals surface area contributed by atoms with Crippen molar-refractivity contribution in [1.29, 1.82) is 0 Å². The molecule has 4 rings (SSSR count). The first-order valence-electron chi connectivity index (χ1n) is 11.0. The summed E-state index contributed by atoms with van der Waals surface area (Å²) in [5.74, 6) is -4.09. The summed E-state index contributed by atoms with van der Waals surface area (Å²) in [6.07, 6.45) is 1.19. The fourth-order valence-corrected chi connectivity index (χ4v) is 6.81. The third kappa shape index (κ3) is 4.81. The van der Waals surface area contributed by atoms with E-state index < -0.39 is 38.8 Å². The molecule has 6 nitrogen and oxygen atoms in total. The number of halogens is 2. The molecule has 33 heavy (non-hydrogen) atoms. The molecule has 2 aliphatic heterocycles. The molecule has 1 N–H and O–H groups in total. The number of ether oxygens (including phenoxy) is 1. The minimum absolute atomic E-state index is 0.0116. The van der Waals surface area contributed by atoms with E-state index in [2.05, 4.69) is 0 Å². The Bertz CT molecular complexity index is 1120. The van der Waals surface area contributed by atoms with Crippen molar-refractivity contribution >= 4 is 16.0 Å². The Labute approximate surface area is 192 Å². The number of carbonyl (C=O) groups is 1. The molecule has 2 aromatic carbocycles. The van der Waals surface area contributed by atoms with E-state index in [0.29, 0.717) is 31.6 Å². The molecule has 2 aromatic rings. The van der Waals surface area contributed by atoms with Crippen molar-refractivity contribution in [3.63, 3.8) is 0 Å². The molecular formula is C24H27F2NO5S. The predicted molar refractivity (Wildman–Crippen MR) is 118 cm³/mol. The van der Waals surface area contributed by atoms with Crippen LogP contribution in [0.1, 0.15) is 54.0 Å². The predicted octanol–water partition coefficient (Wildman–Crippen LogP) is 4.22. The lowest BCUT2D eigenvalue weighted by Crippen LogP contribution is -2.44. The summed E-state index contributed by atoms with van der Waals surface area (Å²) in [5.41, 5.74) is 0.324. The monoisotopic (exact) mass is 479 g/mol. The van der Waals surface area contributed by atoms with E-state index in [-0.39, 0.29) is 36.1 Å². The number of hydrogen-bond donors (Lipinski definition) is 1. The topological polar surface area (TPSA) is 83.9 Å². The Morgan fingerprint density at radius 3 is 2.45 bits per heavy atom. The highest BCUT2D eigenvalue weighted by molar-refractivity contribution is 7.89. The maximum atomic E-state index is 15.0. The zero-order chi connectivity index (χ0) is 23.8. The number of rotatable bonds is 7. The molecule has 3 atom stereocenters. The molecule has 0 aliphatic carbocycles. The lowest BCUT2D eigenvalue weighted by atomic mass is 9.87. The highest BCUT2D eigenvalue weighted by Gasteiger charge is 2.41. The highest BCUT2D eigenvalue weighted by Crippen LogP contribution is 2.39. The molecule has 2 heterocycles. The van der Waals surface area contributed by atoms with E-state index >= 15 is 4.39 Å². The van der Waals surface area contributed by atoms with Gasteiger partial charge in [-0.05, 0) is 43.9 Å². The van der Waals surface area contributed by atoms with Crippen molar-refractivity contribution in [2.45, 2.75) is 49.9 Å². The van der Waals surface area contributed by atoms with Gasteiger partial charge in [0.15, 0.2) is 0 Å². The molecule has 0 spiro atoms. The maximum absolute atomic E-state index is 15.0. The number of nitrogens with zero attached hydrogens (tertiary/aromatic N) is 1. The minimum Gasteiger partial charge on any atom is -0.481 e. The molecule has 2 saturated heterocycles. The van der Waals surface area contributed by atoms with Gasteiger partial charge in [0.05, 0.1) is 19.1 Å². The van der Waals surface area contributed by atoms with Crippen molar-refractivity contribution < 1.29 is 31.8 Å². The summed E-state index contributed by atoms with van der Waals surface area (Å²) in [6, 6.07) is 10.3. The largest absolute Gasteiger partial charge is 0.481 e. The van der Waals surface area contributed by atoms with Gasteiger partial charge in [-0.1, -0.05) is 30.3 Å². The zero-order valence-electron chi connectivity index (χ0n) is 18.3. The lowest BCUT2D eigenvalue weighted by molar-refractivity contribution is -0.140. The summed E-state index contributed by atoms with van der Waals surface area (Å²) in [4.78, 5) is 11.7. The molecule has 2 fully saturated rings. The quantitative estimate of drug-likeness (QED) is 0.643. The number of benzene rings is 2. The number of carboxylic acids is 1. The van der Waals surface area contributed by atoms with Crippen LogP contribution >= 0.6 is 0 Å². The van der Waals surface area contributed by atoms with Crippen LogP contribution in [0.5, 0.6) is 0 Å². The molecule has 9 heteroatoms. The zero-order valence-corrected chi connectivity index (χ0v) is 19.1. The first kappa shape index (κ1) is 23.8. The highest BCUT2D eigenvalue weighted by atomic mass is 32.2. The third-order valence-corrected chi connectivity index (χ3v) is 9.01. The van der Waals surface area contributed by atoms with Crippen LogP contribution in [0.25, 0.3) is 0 Å². The van der Waals surface area contributed by atoms with Gasteiger partial charge in [0.2, 0.25) is 10.0 Å². The van der Waals surface area contributed by atoms with E-state index in [1.165, 1.54) is 4.31 Å². The Morgan fingerprint density at radius 1 is 1.15 bits per heavy atom. The van der Waals surface area contributed by atoms with Crippen LogP contribution in [0.4, 0.5) is 8.78 Å². The Hall–Kier alpha value is -2.36. The SMILES string of the molecule is C[C@H]1CC[C@H](c2ccccc2)S(=O)(=O)N1Cc1cc(F)c(C(CC2COC2)C(=O)O)cc1F. The Kier molecular flexibility index (Phi) is 6.83. The summed E-state index contributed by atoms with van der Waals surface area (Å²) in [5, 5.41) is 8.82. The van der Waals surface area contributed by atoms with Gasteiger partial charge in [-0.25, -0.2) is 17.2 Å². The maximum Gasteiger partial charge on any atom is 0.311 e. The van der Waals surface area contributed by atoms with Crippen molar-refractivity contribution in [3.8, 4) is 0 Å². The van der Waals surface area contributed by atoms with Gasteiger partial charge >= 0.3 is 5.97 Å². The first-order valence-corrected chi connectivity index (χ1v) is 12.5. The normalized spacial score (nSPS) is 24.2. The molecule has 0 bridgehead atoms. The van der Waals surface area contributed by atoms with E-state index in [9.17, 15) is 22.7 Å². The van der Waals surface area contributed by atoms with Crippen molar-refractivity contribution in [2.75, 3.05) is 13.2 Å². The Balaban J connectivity index is 1.61. The van der Waals surface area contributed by atoms with Crippen LogP contribution < -0.4 is 0 Å². The number of aliphatic carboxylic acids is 1. The van der Waals surface area contributed by atoms with Crippen LogP contribution in [0.3, 0.4) is 0 Å². The van der Waals surface area contributed by atoms with Gasteiger partial charge in [-0.3, -0.25) is 4.79 Å². The van der Waals surface area contributed by atoms with Crippen LogP contribution in [-0.2, 0) is 26.1 Å². The van der Waals surface area contributed by atoms with Gasteiger partial charge in [-0.2, -0.15) is 4.31 Å². The van der Waals surface area contributed by atoms with Gasteiger partial charge in [0.1, 0.15) is 16.9 Å². The van der Waals surface area contributed by atoms with Crippen LogP contribution in [0, 0.1) is 17.6 Å². The molecule has 0 saturated carbocycles. The van der Waals surface area contributed by atoms with E-state index in [1.54, 1.807) is 37.3 Å². The van der Waals surface area contributed by atoms with Crippen molar-refractivity contribution in [3.05, 3.63) is 70.8 Å². The third-order valence-electron chi connectivity index (χ3n) is 6.64. The molecule has 0 amide bonds. The molecule has 178 valence electrons. The smallest absolute Gasteiger partial charge is 0.311 e. The van der Waals surface area contributed by atoms with E-state index in [4.69, 9.17) is 4.74 Å². The molecule has 2 aliphatic rings. The molecule has 0 aromatic heterocycles. The van der Waals surface area contributed by atoms with Crippen molar-refractivity contribution in [2.24, 2.45) is 5.92 Å². The second-order valence-electron chi connectivity index (χ2n) is 8.91. The molecule has 1 unspecified atom stereocenters. The Morgan fingerprint density at radius 2 is 1.85 bits per heavy atom. The summed E-state index contributed by atoms with van der Waals surface area (Å²) < 4.78 is 63.0. The molecular weight excluding hydrogens is 452 g/mol. The minimum atomic E-state index is -3.81. The van der Waals surface area contributed by atoms with Crippen LogP contribution in [0.2, 0.25) is 0 Å². The number of carboxylic acid groups (broad SMARTS) is 1. The standard InChI is InChI=1S/C24H27F2NO5S/c1-15-7-8-23(17-5-3-2-4-6-17)33(30,31)27(15)12-18-10-22(26)19(11-21(18)25)20(24(28)29)9-16-13-32-14-16/h2-6,10-11,15-16,20,23H,7-9,12-14H2,1H3,(H,28,29)/t15-,20?,23+/m0/s1. The van der Waals surface area contributed by atoms with Gasteiger partial charge in [0, 0.05) is 29.6 Å². The summed E-state index contributed by atoms with van der Waals surface area (Å²) >= 11 is 0. The average molecular weight is 480 g/mol. The summed E-state index contributed by atoms with van der Waals surface area (Å²) in [7, 11) is -3.81. The van der Waals surface area contributed by atoms with Gasteiger partial charge in [-0.15, -0.1) is 0 Å². The van der Waals surface area contributed by atoms with Gasteiger partial charge < -0.3 is 9.84 Å². The van der Waals surface area contributed by atoms with E-state index in [0.717, 1.165) is 12.1 Å². The second-order valence-corrected chi connectivity index (χ2v) is 11.0. The fraction of sp³-hybridized carbons (Fsp3) is 0.458. The second kappa shape index (κ2) is 9.48. The molecule has 0 radical (unpaired) electrons. The van der Waals surface area contributed by atoms with Crippen LogP contribution in [-0.4, -0.2) is 43.1 Å². The average Bonchev–Trinajstić information content (AvgIpc) is 2.73. The lowest BCUT2D eigenvalue weighted by Gasteiger charge is -2.37. The first-order chi connectivity index (χ1) is 15.7.